The Hall–Kier alpha value is -0.900. The average molecular weight is 167 g/mol. The highest BCUT2D eigenvalue weighted by atomic mass is 16.5. The van der Waals surface area contributed by atoms with Crippen molar-refractivity contribution in [3.05, 3.63) is 11.7 Å². The van der Waals surface area contributed by atoms with E-state index in [2.05, 4.69) is 10.1 Å². The lowest BCUT2D eigenvalue weighted by Crippen LogP contribution is -2.44. The van der Waals surface area contributed by atoms with E-state index in [1.54, 1.807) is 0 Å². The molecule has 66 valence electrons. The van der Waals surface area contributed by atoms with Crippen LogP contribution in [0.25, 0.3) is 0 Å². The first kappa shape index (κ1) is 7.73. The fourth-order valence-electron chi connectivity index (χ4n) is 1.38. The van der Waals surface area contributed by atoms with Crippen LogP contribution in [0.5, 0.6) is 0 Å². The smallest absolute Gasteiger partial charge is 0.226 e. The van der Waals surface area contributed by atoms with Gasteiger partial charge in [-0.2, -0.15) is 4.98 Å². The summed E-state index contributed by atoms with van der Waals surface area (Å²) < 4.78 is 4.99. The molecule has 0 atom stereocenters. The number of nitrogens with zero attached hydrogens (tertiary/aromatic N) is 2. The first-order chi connectivity index (χ1) is 5.74. The maximum Gasteiger partial charge on any atom is 0.226 e. The molecule has 4 nitrogen and oxygen atoms in total. The van der Waals surface area contributed by atoms with E-state index in [0.717, 1.165) is 19.3 Å². The minimum atomic E-state index is -0.281. The average Bonchev–Trinajstić information content (AvgIpc) is 2.48. The molecule has 0 unspecified atom stereocenters. The molecule has 1 aromatic rings. The van der Waals surface area contributed by atoms with Crippen LogP contribution in [0.15, 0.2) is 4.52 Å². The lowest BCUT2D eigenvalue weighted by Gasteiger charge is -2.34. The zero-order valence-corrected chi connectivity index (χ0v) is 7.21. The van der Waals surface area contributed by atoms with Crippen molar-refractivity contribution < 1.29 is 4.52 Å². The molecule has 0 amide bonds. The Kier molecular flexibility index (Phi) is 1.65. The number of rotatable bonds is 2. The fourth-order valence-corrected chi connectivity index (χ4v) is 1.38. The fraction of sp³-hybridized carbons (Fsp3) is 0.750. The molecule has 2 N–H and O–H groups in total. The molecule has 0 saturated heterocycles. The SMILES string of the molecule is CCc1nc(C2(N)CCC2)no1. The molecule has 4 heteroatoms. The molecule has 1 aliphatic rings. The monoisotopic (exact) mass is 167 g/mol. The van der Waals surface area contributed by atoms with E-state index in [0.29, 0.717) is 11.7 Å². The zero-order valence-electron chi connectivity index (χ0n) is 7.21. The summed E-state index contributed by atoms with van der Waals surface area (Å²) in [6.07, 6.45) is 3.92. The van der Waals surface area contributed by atoms with E-state index in [-0.39, 0.29) is 5.54 Å². The van der Waals surface area contributed by atoms with Crippen LogP contribution >= 0.6 is 0 Å². The first-order valence-corrected chi connectivity index (χ1v) is 4.36. The highest BCUT2D eigenvalue weighted by Crippen LogP contribution is 2.36. The van der Waals surface area contributed by atoms with Gasteiger partial charge in [0.25, 0.3) is 0 Å². The standard InChI is InChI=1S/C8H13N3O/c1-2-6-10-7(11-12-6)8(9)4-3-5-8/h2-5,9H2,1H3. The molecule has 0 aromatic carbocycles. The van der Waals surface area contributed by atoms with Gasteiger partial charge in [-0.15, -0.1) is 0 Å². The highest BCUT2D eigenvalue weighted by molar-refractivity contribution is 5.08. The van der Waals surface area contributed by atoms with Gasteiger partial charge in [-0.3, -0.25) is 0 Å². The maximum absolute atomic E-state index is 6.01. The Labute approximate surface area is 71.1 Å². The molecule has 1 heterocycles. The number of aromatic nitrogens is 2. The summed E-state index contributed by atoms with van der Waals surface area (Å²) >= 11 is 0. The van der Waals surface area contributed by atoms with Crippen LogP contribution < -0.4 is 5.73 Å². The molecule has 0 aliphatic heterocycles. The molecule has 1 aliphatic carbocycles. The van der Waals surface area contributed by atoms with Crippen molar-refractivity contribution in [1.29, 1.82) is 0 Å². The van der Waals surface area contributed by atoms with Gasteiger partial charge in [0.2, 0.25) is 5.89 Å². The molecule has 1 fully saturated rings. The molecular formula is C8H13N3O. The van der Waals surface area contributed by atoms with Gasteiger partial charge in [0.05, 0.1) is 5.54 Å². The summed E-state index contributed by atoms with van der Waals surface area (Å²) in [5, 5.41) is 3.87. The van der Waals surface area contributed by atoms with Gasteiger partial charge in [0.1, 0.15) is 0 Å². The van der Waals surface area contributed by atoms with Crippen LogP contribution in [-0.2, 0) is 12.0 Å². The molecule has 1 saturated carbocycles. The second-order valence-electron chi connectivity index (χ2n) is 3.37. The van der Waals surface area contributed by atoms with Crippen molar-refractivity contribution in [3.8, 4) is 0 Å². The molecular weight excluding hydrogens is 154 g/mol. The third-order valence-electron chi connectivity index (χ3n) is 2.46. The lowest BCUT2D eigenvalue weighted by atomic mass is 9.77. The van der Waals surface area contributed by atoms with Gasteiger partial charge in [-0.1, -0.05) is 12.1 Å². The van der Waals surface area contributed by atoms with Gasteiger partial charge in [-0.25, -0.2) is 0 Å². The topological polar surface area (TPSA) is 64.9 Å². The largest absolute Gasteiger partial charge is 0.339 e. The van der Waals surface area contributed by atoms with E-state index in [9.17, 15) is 0 Å². The van der Waals surface area contributed by atoms with Gasteiger partial charge in [-0.05, 0) is 19.3 Å². The Bertz CT molecular complexity index is 278. The second-order valence-corrected chi connectivity index (χ2v) is 3.37. The van der Waals surface area contributed by atoms with Crippen LogP contribution in [-0.4, -0.2) is 10.1 Å². The van der Waals surface area contributed by atoms with Gasteiger partial charge >= 0.3 is 0 Å². The summed E-state index contributed by atoms with van der Waals surface area (Å²) in [7, 11) is 0. The van der Waals surface area contributed by atoms with Crippen molar-refractivity contribution >= 4 is 0 Å². The Morgan fingerprint density at radius 2 is 2.33 bits per heavy atom. The predicted octanol–water partition coefficient (Wildman–Crippen LogP) is 0.970. The van der Waals surface area contributed by atoms with Gasteiger partial charge in [0, 0.05) is 6.42 Å². The third kappa shape index (κ3) is 1.03. The van der Waals surface area contributed by atoms with Crippen LogP contribution in [0, 0.1) is 0 Å². The van der Waals surface area contributed by atoms with Crippen molar-refractivity contribution in [3.63, 3.8) is 0 Å². The molecule has 2 rings (SSSR count). The number of nitrogens with two attached hydrogens (primary N) is 1. The lowest BCUT2D eigenvalue weighted by molar-refractivity contribution is 0.229. The van der Waals surface area contributed by atoms with Crippen LogP contribution in [0.2, 0.25) is 0 Å². The number of hydrogen-bond donors (Lipinski definition) is 1. The number of hydrogen-bond acceptors (Lipinski definition) is 4. The summed E-state index contributed by atoms with van der Waals surface area (Å²) in [5.41, 5.74) is 5.73. The minimum Gasteiger partial charge on any atom is -0.339 e. The maximum atomic E-state index is 6.01. The van der Waals surface area contributed by atoms with Gasteiger partial charge in [0.15, 0.2) is 5.82 Å². The highest BCUT2D eigenvalue weighted by Gasteiger charge is 2.38. The quantitative estimate of drug-likeness (QED) is 0.712. The van der Waals surface area contributed by atoms with Crippen molar-refractivity contribution in [2.24, 2.45) is 5.73 Å². The minimum absolute atomic E-state index is 0.281. The van der Waals surface area contributed by atoms with E-state index in [1.165, 1.54) is 6.42 Å². The Balaban J connectivity index is 2.22. The van der Waals surface area contributed by atoms with Crippen molar-refractivity contribution in [2.45, 2.75) is 38.1 Å². The molecule has 0 spiro atoms. The van der Waals surface area contributed by atoms with E-state index in [1.807, 2.05) is 6.92 Å². The normalized spacial score (nSPS) is 20.5. The predicted molar refractivity (Wildman–Crippen MR) is 43.4 cm³/mol. The van der Waals surface area contributed by atoms with E-state index in [4.69, 9.17) is 10.3 Å². The molecule has 0 bridgehead atoms. The second kappa shape index (κ2) is 2.55. The molecule has 1 aromatic heterocycles. The summed E-state index contributed by atoms with van der Waals surface area (Å²) in [6.45, 7) is 1.99. The first-order valence-electron chi connectivity index (χ1n) is 4.36. The molecule has 12 heavy (non-hydrogen) atoms. The van der Waals surface area contributed by atoms with Crippen LogP contribution in [0.1, 0.15) is 37.9 Å². The summed E-state index contributed by atoms with van der Waals surface area (Å²) in [4.78, 5) is 4.22. The summed E-state index contributed by atoms with van der Waals surface area (Å²) in [5.74, 6) is 1.37. The van der Waals surface area contributed by atoms with Crippen molar-refractivity contribution in [2.75, 3.05) is 0 Å². The molecule has 0 radical (unpaired) electrons. The Morgan fingerprint density at radius 3 is 2.75 bits per heavy atom. The number of aryl methyl sites for hydroxylation is 1. The van der Waals surface area contributed by atoms with Crippen LogP contribution in [0.3, 0.4) is 0 Å². The summed E-state index contributed by atoms with van der Waals surface area (Å²) in [6, 6.07) is 0. The van der Waals surface area contributed by atoms with E-state index >= 15 is 0 Å². The van der Waals surface area contributed by atoms with Crippen molar-refractivity contribution in [1.82, 2.24) is 10.1 Å². The zero-order chi connectivity index (χ0) is 8.60. The Morgan fingerprint density at radius 1 is 1.58 bits per heavy atom. The third-order valence-corrected chi connectivity index (χ3v) is 2.46. The van der Waals surface area contributed by atoms with E-state index < -0.39 is 0 Å². The van der Waals surface area contributed by atoms with Gasteiger partial charge < -0.3 is 10.3 Å². The van der Waals surface area contributed by atoms with Crippen LogP contribution in [0.4, 0.5) is 0 Å².